The van der Waals surface area contributed by atoms with Crippen molar-refractivity contribution in [3.8, 4) is 0 Å². The fraction of sp³-hybridized carbons (Fsp3) is 0.500. The van der Waals surface area contributed by atoms with Gasteiger partial charge < -0.3 is 10.1 Å². The second-order valence-corrected chi connectivity index (χ2v) is 5.70. The van der Waals surface area contributed by atoms with Gasteiger partial charge in [0.05, 0.1) is 21.8 Å². The summed E-state index contributed by atoms with van der Waals surface area (Å²) in [5.74, 6) is 0. The van der Waals surface area contributed by atoms with Crippen molar-refractivity contribution in [3.05, 3.63) is 26.7 Å². The Hall–Kier alpha value is 0.0400. The highest BCUT2D eigenvalue weighted by Crippen LogP contribution is 2.35. The smallest absolute Gasteiger partial charge is 0.0835 e. The Balaban J connectivity index is 1.96. The molecule has 0 aliphatic carbocycles. The standard InChI is InChI=1S/C12H14BrCl2NO/c13-9-4-5-10(12(15)11(9)14)16-7-8-3-1-2-6-17-8/h4-5,8,16H,1-3,6-7H2. The molecular formula is C12H14BrCl2NO. The molecule has 1 heterocycles. The van der Waals surface area contributed by atoms with Crippen LogP contribution in [0.5, 0.6) is 0 Å². The number of benzene rings is 1. The summed E-state index contributed by atoms with van der Waals surface area (Å²) in [6.45, 7) is 1.64. The minimum atomic E-state index is 0.280. The van der Waals surface area contributed by atoms with Gasteiger partial charge in [-0.1, -0.05) is 23.2 Å². The van der Waals surface area contributed by atoms with Crippen molar-refractivity contribution in [2.75, 3.05) is 18.5 Å². The van der Waals surface area contributed by atoms with E-state index in [2.05, 4.69) is 21.2 Å². The van der Waals surface area contributed by atoms with Gasteiger partial charge in [-0.2, -0.15) is 0 Å². The monoisotopic (exact) mass is 337 g/mol. The Morgan fingerprint density at radius 1 is 1.29 bits per heavy atom. The lowest BCUT2D eigenvalue weighted by Crippen LogP contribution is -2.27. The molecule has 0 bridgehead atoms. The van der Waals surface area contributed by atoms with Gasteiger partial charge in [0.1, 0.15) is 0 Å². The first-order valence-electron chi connectivity index (χ1n) is 5.67. The number of rotatable bonds is 3. The van der Waals surface area contributed by atoms with E-state index in [4.69, 9.17) is 27.9 Å². The molecule has 0 amide bonds. The second-order valence-electron chi connectivity index (χ2n) is 4.09. The van der Waals surface area contributed by atoms with Crippen molar-refractivity contribution in [2.45, 2.75) is 25.4 Å². The lowest BCUT2D eigenvalue weighted by atomic mass is 10.1. The van der Waals surface area contributed by atoms with Crippen molar-refractivity contribution in [1.29, 1.82) is 0 Å². The maximum atomic E-state index is 6.15. The summed E-state index contributed by atoms with van der Waals surface area (Å²) in [5.41, 5.74) is 0.856. The van der Waals surface area contributed by atoms with Crippen LogP contribution in [0.4, 0.5) is 5.69 Å². The van der Waals surface area contributed by atoms with Gasteiger partial charge in [-0.15, -0.1) is 0 Å². The highest BCUT2D eigenvalue weighted by Gasteiger charge is 2.14. The minimum Gasteiger partial charge on any atom is -0.381 e. The summed E-state index contributed by atoms with van der Waals surface area (Å²) in [7, 11) is 0. The summed E-state index contributed by atoms with van der Waals surface area (Å²) in [5, 5.41) is 4.38. The number of nitrogens with one attached hydrogen (secondary N) is 1. The van der Waals surface area contributed by atoms with Crippen molar-refractivity contribution in [1.82, 2.24) is 0 Å². The molecule has 0 saturated carbocycles. The molecule has 94 valence electrons. The van der Waals surface area contributed by atoms with Crippen molar-refractivity contribution >= 4 is 44.8 Å². The SMILES string of the molecule is Clc1c(Br)ccc(NCC2CCCCO2)c1Cl. The molecule has 2 rings (SSSR count). The molecule has 0 spiro atoms. The van der Waals surface area contributed by atoms with Gasteiger partial charge in [-0.25, -0.2) is 0 Å². The fourth-order valence-corrected chi connectivity index (χ4v) is 2.70. The van der Waals surface area contributed by atoms with Gasteiger partial charge in [-0.05, 0) is 47.3 Å². The molecule has 1 fully saturated rings. The number of anilines is 1. The van der Waals surface area contributed by atoms with Crippen LogP contribution >= 0.6 is 39.1 Å². The van der Waals surface area contributed by atoms with E-state index in [1.54, 1.807) is 0 Å². The molecule has 1 saturated heterocycles. The third kappa shape index (κ3) is 3.50. The van der Waals surface area contributed by atoms with E-state index in [1.165, 1.54) is 12.8 Å². The van der Waals surface area contributed by atoms with E-state index in [1.807, 2.05) is 12.1 Å². The molecule has 1 unspecified atom stereocenters. The summed E-state index contributed by atoms with van der Waals surface area (Å²) >= 11 is 15.5. The summed E-state index contributed by atoms with van der Waals surface area (Å²) < 4.78 is 6.45. The number of hydrogen-bond acceptors (Lipinski definition) is 2. The van der Waals surface area contributed by atoms with E-state index >= 15 is 0 Å². The highest BCUT2D eigenvalue weighted by molar-refractivity contribution is 9.10. The van der Waals surface area contributed by atoms with E-state index in [0.29, 0.717) is 10.0 Å². The number of halogens is 3. The van der Waals surface area contributed by atoms with Crippen LogP contribution in [0.3, 0.4) is 0 Å². The Morgan fingerprint density at radius 2 is 2.12 bits per heavy atom. The second kappa shape index (κ2) is 6.28. The van der Waals surface area contributed by atoms with Crippen LogP contribution in [0.2, 0.25) is 10.0 Å². The predicted molar refractivity (Wildman–Crippen MR) is 76.2 cm³/mol. The van der Waals surface area contributed by atoms with Crippen LogP contribution in [0.15, 0.2) is 16.6 Å². The molecule has 1 aliphatic heterocycles. The van der Waals surface area contributed by atoms with Crippen LogP contribution in [0, 0.1) is 0 Å². The zero-order valence-electron chi connectivity index (χ0n) is 9.31. The Morgan fingerprint density at radius 3 is 2.82 bits per heavy atom. The Labute approximate surface area is 120 Å². The van der Waals surface area contributed by atoms with E-state index in [0.717, 1.165) is 29.7 Å². The number of hydrogen-bond donors (Lipinski definition) is 1. The molecule has 5 heteroatoms. The maximum Gasteiger partial charge on any atom is 0.0835 e. The summed E-state index contributed by atoms with van der Waals surface area (Å²) in [6, 6.07) is 3.80. The first-order valence-corrected chi connectivity index (χ1v) is 7.22. The number of ether oxygens (including phenoxy) is 1. The molecule has 0 radical (unpaired) electrons. The fourth-order valence-electron chi connectivity index (χ4n) is 1.85. The summed E-state index contributed by atoms with van der Waals surface area (Å²) in [6.07, 6.45) is 3.79. The molecule has 1 N–H and O–H groups in total. The normalized spacial score (nSPS) is 20.3. The average Bonchev–Trinajstić information content (AvgIpc) is 2.36. The van der Waals surface area contributed by atoms with Crippen LogP contribution < -0.4 is 5.32 Å². The van der Waals surface area contributed by atoms with Gasteiger partial charge in [0.25, 0.3) is 0 Å². The van der Waals surface area contributed by atoms with Crippen molar-refractivity contribution in [2.24, 2.45) is 0 Å². The van der Waals surface area contributed by atoms with Crippen molar-refractivity contribution < 1.29 is 4.74 Å². The maximum absolute atomic E-state index is 6.15. The van der Waals surface area contributed by atoms with Gasteiger partial charge in [0, 0.05) is 17.6 Å². The molecule has 1 aromatic rings. The molecule has 1 aromatic carbocycles. The molecule has 17 heavy (non-hydrogen) atoms. The average molecular weight is 339 g/mol. The van der Waals surface area contributed by atoms with Gasteiger partial charge in [0.2, 0.25) is 0 Å². The van der Waals surface area contributed by atoms with Crippen molar-refractivity contribution in [3.63, 3.8) is 0 Å². The third-order valence-electron chi connectivity index (χ3n) is 2.83. The highest BCUT2D eigenvalue weighted by atomic mass is 79.9. The first-order chi connectivity index (χ1) is 8.18. The van der Waals surface area contributed by atoms with Gasteiger partial charge in [-0.3, -0.25) is 0 Å². The lowest BCUT2D eigenvalue weighted by Gasteiger charge is -2.23. The zero-order chi connectivity index (χ0) is 12.3. The third-order valence-corrected chi connectivity index (χ3v) is 4.60. The summed E-state index contributed by atoms with van der Waals surface area (Å²) in [4.78, 5) is 0. The topological polar surface area (TPSA) is 21.3 Å². The molecule has 1 atom stereocenters. The molecule has 0 aromatic heterocycles. The Kier molecular flexibility index (Phi) is 4.97. The van der Waals surface area contributed by atoms with Gasteiger partial charge in [0.15, 0.2) is 0 Å². The van der Waals surface area contributed by atoms with E-state index in [9.17, 15) is 0 Å². The van der Waals surface area contributed by atoms with Crippen LogP contribution in [-0.4, -0.2) is 19.3 Å². The van der Waals surface area contributed by atoms with Gasteiger partial charge >= 0.3 is 0 Å². The van der Waals surface area contributed by atoms with E-state index in [-0.39, 0.29) is 6.10 Å². The lowest BCUT2D eigenvalue weighted by molar-refractivity contribution is 0.0247. The van der Waals surface area contributed by atoms with Crippen LogP contribution in [-0.2, 0) is 4.74 Å². The van der Waals surface area contributed by atoms with Crippen LogP contribution in [0.1, 0.15) is 19.3 Å². The molecule has 1 aliphatic rings. The quantitative estimate of drug-likeness (QED) is 0.804. The Bertz CT molecular complexity index is 394. The minimum absolute atomic E-state index is 0.280. The molecule has 2 nitrogen and oxygen atoms in total. The molecular weight excluding hydrogens is 325 g/mol. The largest absolute Gasteiger partial charge is 0.381 e. The predicted octanol–water partition coefficient (Wildman–Crippen LogP) is 4.74. The van der Waals surface area contributed by atoms with Crippen LogP contribution in [0.25, 0.3) is 0 Å². The van der Waals surface area contributed by atoms with E-state index < -0.39 is 0 Å². The zero-order valence-corrected chi connectivity index (χ0v) is 12.4. The first kappa shape index (κ1) is 13.5.